The number of nitrogens with one attached hydrogen (secondary N) is 6. The number of aromatic nitrogens is 18. The molecule has 0 fully saturated rings. The number of hydrogen-bond acceptors (Lipinski definition) is 27. The Hall–Kier alpha value is -13.3. The summed E-state index contributed by atoms with van der Waals surface area (Å²) < 4.78 is 10.3. The number of carbonyl (C=O) groups excluding carboxylic acids is 7. The van der Waals surface area contributed by atoms with Gasteiger partial charge in [-0.1, -0.05) is 0 Å². The summed E-state index contributed by atoms with van der Waals surface area (Å²) in [6.07, 6.45) is 17.3. The lowest BCUT2D eigenvalue weighted by Crippen LogP contribution is -2.50. The van der Waals surface area contributed by atoms with Gasteiger partial charge in [0, 0.05) is 121 Å². The second-order valence-corrected chi connectivity index (χ2v) is 25.9. The van der Waals surface area contributed by atoms with E-state index >= 15 is 9.59 Å². The van der Waals surface area contributed by atoms with Gasteiger partial charge in [0.1, 0.15) is 113 Å². The van der Waals surface area contributed by atoms with Crippen LogP contribution in [0.1, 0.15) is 57.8 Å². The summed E-state index contributed by atoms with van der Waals surface area (Å²) in [6.45, 7) is 0.384. The van der Waals surface area contributed by atoms with Crippen LogP contribution in [-0.4, -0.2) is 177 Å². The van der Waals surface area contributed by atoms with Crippen molar-refractivity contribution >= 4 is 142 Å². The van der Waals surface area contributed by atoms with Gasteiger partial charge in [0.15, 0.2) is 0 Å². The van der Waals surface area contributed by atoms with Gasteiger partial charge in [0.05, 0.1) is 62.5 Å². The number of nitrogens with zero attached hydrogens (tertiary/aromatic N) is 18. The van der Waals surface area contributed by atoms with Gasteiger partial charge in [-0.05, 0) is 62.2 Å². The van der Waals surface area contributed by atoms with Crippen molar-refractivity contribution < 1.29 is 33.6 Å². The molecule has 12 aromatic rings. The Kier molecular flexibility index (Phi) is 22.1. The third kappa shape index (κ3) is 17.3. The summed E-state index contributed by atoms with van der Waals surface area (Å²) in [6, 6.07) is 3.56. The summed E-state index contributed by atoms with van der Waals surface area (Å²) >= 11 is 0. The maximum atomic E-state index is 15.1. The minimum Gasteiger partial charge on any atom is -0.383 e. The van der Waals surface area contributed by atoms with Gasteiger partial charge in [0.25, 0.3) is 0 Å². The van der Waals surface area contributed by atoms with E-state index in [0.717, 1.165) is 0 Å². The molecule has 12 heterocycles. The standard InChI is InChI=1S/C66H81N33O7/c67-10-2-1-3-47(60(75)106)93-53(105)22-40(28-99-16-9-46-59(74)81-34-87-66(46)99)92-52(104)21-39(27-98-15-8-45-58(73)80-33-86-65(45)98)91-51(103)20-38(26-97-14-7-44-57(72)79-32-85-64(44)97)90-50(102)19-37(25-96-13-6-43-56(71)78-31-84-63(43)96)89-49(101)18-36(24-95-12-5-42-55(70)77-30-83-62(42)95)88-48(100)17-35(68)23-94-11-4-41-54(69)76-29-82-61(41)94/h4-9,11-16,29-40,47H,1-3,10,17-28,67-68H2,(H2,75,106)(H,88,100)(H,89,101)(H,90,102)(H,91,103)(H,92,104)(H,93,105)(H2,69,76,82)(H2,70,77,83)(H2,71,78,84)(H2,72,79,85)(H2,73,80,86)(H2,74,81,87)/t35-,36-,37-,38-,39-,40-,47+/m1/s1. The number of nitrogen functional groups attached to an aromatic ring is 6. The molecule has 12 rings (SSSR count). The molecule has 7 atom stereocenters. The second-order valence-electron chi connectivity index (χ2n) is 25.9. The van der Waals surface area contributed by atoms with Crippen molar-refractivity contribution in [2.75, 3.05) is 40.9 Å². The monoisotopic (exact) mass is 1450 g/mol. The molecule has 0 aliphatic heterocycles. The quantitative estimate of drug-likeness (QED) is 0.0198. The van der Waals surface area contributed by atoms with Crippen LogP contribution in [0.15, 0.2) is 112 Å². The van der Waals surface area contributed by atoms with Crippen LogP contribution in [-0.2, 0) is 72.8 Å². The van der Waals surface area contributed by atoms with Crippen molar-refractivity contribution in [2.45, 2.75) is 139 Å². The first-order valence-corrected chi connectivity index (χ1v) is 33.9. The van der Waals surface area contributed by atoms with Crippen molar-refractivity contribution in [1.82, 2.24) is 119 Å². The summed E-state index contributed by atoms with van der Waals surface area (Å²) in [4.78, 5) is 151. The van der Waals surface area contributed by atoms with E-state index in [9.17, 15) is 24.0 Å². The Morgan fingerprint density at radius 3 is 0.783 bits per heavy atom. The van der Waals surface area contributed by atoms with E-state index < -0.39 is 103 Å². The number of nitrogens with two attached hydrogens (primary N) is 9. The van der Waals surface area contributed by atoms with Crippen LogP contribution in [0.2, 0.25) is 0 Å². The number of unbranched alkanes of at least 4 members (excludes halogenated alkanes) is 1. The molecule has 552 valence electrons. The summed E-state index contributed by atoms with van der Waals surface area (Å²) in [5.74, 6) is -2.96. The van der Waals surface area contributed by atoms with E-state index in [1.165, 1.54) is 38.0 Å². The Balaban J connectivity index is 0.802. The minimum atomic E-state index is -1.05. The first-order chi connectivity index (χ1) is 51.1. The molecular formula is C66H81N33O7. The predicted molar refractivity (Wildman–Crippen MR) is 391 cm³/mol. The smallest absolute Gasteiger partial charge is 0.239 e. The van der Waals surface area contributed by atoms with Crippen LogP contribution in [0.25, 0.3) is 66.2 Å². The van der Waals surface area contributed by atoms with Crippen LogP contribution >= 0.6 is 0 Å². The van der Waals surface area contributed by atoms with E-state index in [4.69, 9.17) is 51.6 Å². The average Bonchev–Trinajstić information content (AvgIpc) is 1.69. The number of primary amides is 1. The number of rotatable bonds is 35. The normalized spacial score (nSPS) is 13.7. The molecule has 0 unspecified atom stereocenters. The summed E-state index contributed by atoms with van der Waals surface area (Å²) in [7, 11) is 0. The molecule has 106 heavy (non-hydrogen) atoms. The van der Waals surface area contributed by atoms with Gasteiger partial charge >= 0.3 is 0 Å². The number of amides is 7. The molecule has 0 bridgehead atoms. The molecule has 0 aromatic carbocycles. The third-order valence-electron chi connectivity index (χ3n) is 18.1. The number of carbonyl (C=O) groups is 7. The topological polar surface area (TPSA) is 610 Å². The van der Waals surface area contributed by atoms with Crippen molar-refractivity contribution in [3.63, 3.8) is 0 Å². The maximum absolute atomic E-state index is 15.1. The van der Waals surface area contributed by atoms with Crippen molar-refractivity contribution in [3.8, 4) is 0 Å². The van der Waals surface area contributed by atoms with Gasteiger partial charge in [-0.25, -0.2) is 59.8 Å². The second kappa shape index (κ2) is 32.4. The lowest BCUT2D eigenvalue weighted by atomic mass is 10.1. The third-order valence-corrected chi connectivity index (χ3v) is 18.1. The Labute approximate surface area is 601 Å². The molecule has 0 radical (unpaired) electrons. The molecule has 7 amide bonds. The Morgan fingerprint density at radius 2 is 0.547 bits per heavy atom. The SMILES string of the molecule is NCCCC[C@H](NC(=O)C[C@H](Cn1ccc2c(N)ncnc21)NC(=O)C[C@H](Cn1ccc2c(N)ncnc21)NC(=O)C[C@H](Cn1ccc2c(N)ncnc21)NC(=O)C[C@H](Cn1ccc2c(N)ncnc21)NC(=O)C[C@H](Cn1ccc2c(N)ncnc21)NC(=O)C[C@@H](N)Cn1ccc2c(N)ncnc21)C(N)=O. The van der Waals surface area contributed by atoms with Crippen LogP contribution in [0.5, 0.6) is 0 Å². The first-order valence-electron chi connectivity index (χ1n) is 33.9. The van der Waals surface area contributed by atoms with Gasteiger partial charge in [-0.15, -0.1) is 0 Å². The lowest BCUT2D eigenvalue weighted by molar-refractivity contribution is -0.128. The predicted octanol–water partition coefficient (Wildman–Crippen LogP) is -1.66. The zero-order valence-electron chi connectivity index (χ0n) is 57.4. The highest BCUT2D eigenvalue weighted by Crippen LogP contribution is 2.25. The van der Waals surface area contributed by atoms with Crippen LogP contribution in [0.4, 0.5) is 34.9 Å². The van der Waals surface area contributed by atoms with E-state index in [1.807, 2.05) is 0 Å². The van der Waals surface area contributed by atoms with Gasteiger partial charge in [-0.3, -0.25) is 33.6 Å². The fourth-order valence-corrected chi connectivity index (χ4v) is 13.2. The lowest BCUT2D eigenvalue weighted by Gasteiger charge is -2.26. The molecule has 0 spiro atoms. The molecule has 24 N–H and O–H groups in total. The number of fused-ring (bicyclic) bond motifs is 6. The molecule has 0 aliphatic carbocycles. The molecule has 0 saturated carbocycles. The highest BCUT2D eigenvalue weighted by molar-refractivity contribution is 5.92. The van der Waals surface area contributed by atoms with Gasteiger partial charge in [0.2, 0.25) is 41.4 Å². The van der Waals surface area contributed by atoms with E-state index in [2.05, 4.69) is 91.7 Å². The highest BCUT2D eigenvalue weighted by Gasteiger charge is 2.30. The van der Waals surface area contributed by atoms with Crippen LogP contribution in [0.3, 0.4) is 0 Å². The maximum Gasteiger partial charge on any atom is 0.239 e. The van der Waals surface area contributed by atoms with E-state index in [0.29, 0.717) is 85.6 Å². The highest BCUT2D eigenvalue weighted by atomic mass is 16.2. The number of hydrogen-bond donors (Lipinski definition) is 15. The Morgan fingerprint density at radius 1 is 0.321 bits per heavy atom. The first kappa shape index (κ1) is 72.5. The molecule has 40 heteroatoms. The van der Waals surface area contributed by atoms with Crippen molar-refractivity contribution in [3.05, 3.63) is 112 Å². The molecular weight excluding hydrogens is 1370 g/mol. The average molecular weight is 1450 g/mol. The fraction of sp³-hybridized carbons (Fsp3) is 0.348. The van der Waals surface area contributed by atoms with Crippen LogP contribution in [0, 0.1) is 0 Å². The zero-order valence-corrected chi connectivity index (χ0v) is 57.4. The molecule has 40 nitrogen and oxygen atoms in total. The fourth-order valence-electron chi connectivity index (χ4n) is 13.2. The van der Waals surface area contributed by atoms with Crippen LogP contribution < -0.4 is 83.5 Å². The largest absolute Gasteiger partial charge is 0.383 e. The zero-order chi connectivity index (χ0) is 74.7. The van der Waals surface area contributed by atoms with Crippen molar-refractivity contribution in [2.24, 2.45) is 17.2 Å². The molecule has 12 aromatic heterocycles. The molecule has 0 aliphatic rings. The van der Waals surface area contributed by atoms with E-state index in [1.54, 1.807) is 101 Å². The summed E-state index contributed by atoms with van der Waals surface area (Å²) in [5.41, 5.74) is 58.0. The summed E-state index contributed by atoms with van der Waals surface area (Å²) in [5, 5.41) is 21.0. The van der Waals surface area contributed by atoms with Crippen molar-refractivity contribution in [1.29, 1.82) is 0 Å². The van der Waals surface area contributed by atoms with Gasteiger partial charge < -0.3 is 111 Å². The minimum absolute atomic E-state index is 0.0138. The van der Waals surface area contributed by atoms with Gasteiger partial charge in [-0.2, -0.15) is 0 Å². The van der Waals surface area contributed by atoms with E-state index in [-0.39, 0.29) is 99.9 Å². The Bertz CT molecular complexity index is 5210. The molecule has 0 saturated heterocycles. The number of anilines is 6.